The molecule has 0 aromatic carbocycles. The lowest BCUT2D eigenvalue weighted by Crippen LogP contribution is -2.37. The van der Waals surface area contributed by atoms with Gasteiger partial charge in [-0.2, -0.15) is 14.7 Å². The first-order valence-electron chi connectivity index (χ1n) is 10.4. The number of fused-ring (bicyclic) bond motifs is 1. The van der Waals surface area contributed by atoms with Gasteiger partial charge in [-0.25, -0.2) is 9.67 Å². The summed E-state index contributed by atoms with van der Waals surface area (Å²) in [5.41, 5.74) is 4.68. The lowest BCUT2D eigenvalue weighted by atomic mass is 10.1. The Bertz CT molecular complexity index is 1360. The molecule has 0 saturated carbocycles. The van der Waals surface area contributed by atoms with Crippen LogP contribution in [-0.4, -0.2) is 60.6 Å². The summed E-state index contributed by atoms with van der Waals surface area (Å²) in [6, 6.07) is 11.9. The maximum absolute atomic E-state index is 5.56. The zero-order valence-corrected chi connectivity index (χ0v) is 17.2. The highest BCUT2D eigenvalue weighted by molar-refractivity contribution is 5.67. The van der Waals surface area contributed by atoms with Crippen molar-refractivity contribution in [1.82, 2.24) is 34.3 Å². The number of pyridine rings is 2. The predicted molar refractivity (Wildman–Crippen MR) is 120 cm³/mol. The molecular weight excluding hydrogens is 404 g/mol. The smallest absolute Gasteiger partial charge is 0.160 e. The molecule has 158 valence electrons. The van der Waals surface area contributed by atoms with Crippen molar-refractivity contribution in [2.45, 2.75) is 0 Å². The van der Waals surface area contributed by atoms with Gasteiger partial charge in [0.15, 0.2) is 11.5 Å². The zero-order chi connectivity index (χ0) is 21.3. The number of nitrogens with zero attached hydrogens (tertiary/aromatic N) is 8. The molecule has 5 aromatic rings. The van der Waals surface area contributed by atoms with Crippen molar-refractivity contribution in [1.29, 1.82) is 0 Å². The van der Waals surface area contributed by atoms with Crippen molar-refractivity contribution in [3.05, 3.63) is 73.6 Å². The number of anilines is 1. The first-order chi connectivity index (χ1) is 15.8. The quantitative estimate of drug-likeness (QED) is 0.438. The van der Waals surface area contributed by atoms with Crippen molar-refractivity contribution < 1.29 is 4.74 Å². The summed E-state index contributed by atoms with van der Waals surface area (Å²) in [4.78, 5) is 15.3. The molecule has 0 spiro atoms. The second kappa shape index (κ2) is 7.86. The van der Waals surface area contributed by atoms with Crippen LogP contribution >= 0.6 is 0 Å². The van der Waals surface area contributed by atoms with Gasteiger partial charge in [0, 0.05) is 67.3 Å². The van der Waals surface area contributed by atoms with Gasteiger partial charge in [0.05, 0.1) is 25.1 Å². The standard InChI is InChI=1S/C23H20N8O/c1-5-24-6-2-17(1)19-15-26-30(16-19)21-14-23(29-9-11-32-12-10-29)31-22(27-21)13-20(28-31)18-3-7-25-8-4-18/h1-8,13-16H,9-12H2. The summed E-state index contributed by atoms with van der Waals surface area (Å²) in [5, 5.41) is 9.43. The number of morpholine rings is 1. The van der Waals surface area contributed by atoms with Gasteiger partial charge in [0.2, 0.25) is 0 Å². The van der Waals surface area contributed by atoms with Gasteiger partial charge in [0.25, 0.3) is 0 Å². The van der Waals surface area contributed by atoms with Gasteiger partial charge < -0.3 is 9.64 Å². The van der Waals surface area contributed by atoms with E-state index in [2.05, 4.69) is 20.0 Å². The van der Waals surface area contributed by atoms with Gasteiger partial charge in [-0.15, -0.1) is 0 Å². The van der Waals surface area contributed by atoms with Crippen LogP contribution in [-0.2, 0) is 4.74 Å². The average Bonchev–Trinajstić information content (AvgIpc) is 3.53. The maximum atomic E-state index is 5.56. The van der Waals surface area contributed by atoms with Crippen molar-refractivity contribution in [3.8, 4) is 28.2 Å². The van der Waals surface area contributed by atoms with E-state index in [4.69, 9.17) is 14.8 Å². The van der Waals surface area contributed by atoms with Crippen LogP contribution in [0.25, 0.3) is 33.8 Å². The molecule has 0 N–H and O–H groups in total. The molecule has 1 saturated heterocycles. The normalized spacial score (nSPS) is 14.2. The van der Waals surface area contributed by atoms with Gasteiger partial charge in [-0.05, 0) is 29.8 Å². The number of aromatic nitrogens is 7. The predicted octanol–water partition coefficient (Wildman–Crippen LogP) is 2.88. The summed E-state index contributed by atoms with van der Waals surface area (Å²) in [5.74, 6) is 1.70. The largest absolute Gasteiger partial charge is 0.378 e. The number of hydrogen-bond acceptors (Lipinski definition) is 7. The first-order valence-corrected chi connectivity index (χ1v) is 10.4. The van der Waals surface area contributed by atoms with Crippen LogP contribution in [0.15, 0.2) is 73.6 Å². The third kappa shape index (κ3) is 3.38. The summed E-state index contributed by atoms with van der Waals surface area (Å²) in [6.07, 6.45) is 10.9. The summed E-state index contributed by atoms with van der Waals surface area (Å²) in [7, 11) is 0. The molecule has 0 bridgehead atoms. The Labute approximate surface area is 184 Å². The Morgan fingerprint density at radius 1 is 0.812 bits per heavy atom. The highest BCUT2D eigenvalue weighted by atomic mass is 16.5. The second-order valence-corrected chi connectivity index (χ2v) is 7.52. The van der Waals surface area contributed by atoms with E-state index in [-0.39, 0.29) is 0 Å². The van der Waals surface area contributed by atoms with Gasteiger partial charge in [0.1, 0.15) is 5.82 Å². The molecule has 9 heteroatoms. The fraction of sp³-hybridized carbons (Fsp3) is 0.174. The van der Waals surface area contributed by atoms with Crippen molar-refractivity contribution in [2.24, 2.45) is 0 Å². The fourth-order valence-corrected chi connectivity index (χ4v) is 3.89. The molecule has 0 aliphatic carbocycles. The van der Waals surface area contributed by atoms with Crippen molar-refractivity contribution in [3.63, 3.8) is 0 Å². The summed E-state index contributed by atoms with van der Waals surface area (Å²) >= 11 is 0. The SMILES string of the molecule is c1cc(-c2cnn(-c3cc(N4CCOCC4)n4nc(-c5ccncc5)cc4n3)c2)ccn1. The lowest BCUT2D eigenvalue weighted by Gasteiger charge is -2.29. The van der Waals surface area contributed by atoms with E-state index in [0.717, 1.165) is 52.8 Å². The molecule has 0 atom stereocenters. The highest BCUT2D eigenvalue weighted by Gasteiger charge is 2.19. The van der Waals surface area contributed by atoms with Crippen LogP contribution in [0.1, 0.15) is 0 Å². The van der Waals surface area contributed by atoms with Crippen molar-refractivity contribution in [2.75, 3.05) is 31.2 Å². The average molecular weight is 424 g/mol. The molecule has 0 unspecified atom stereocenters. The Balaban J connectivity index is 1.48. The van der Waals surface area contributed by atoms with Gasteiger partial charge in [-0.3, -0.25) is 9.97 Å². The van der Waals surface area contributed by atoms with Gasteiger partial charge in [-0.1, -0.05) is 0 Å². The molecule has 0 radical (unpaired) electrons. The third-order valence-electron chi connectivity index (χ3n) is 5.54. The van der Waals surface area contributed by atoms with Crippen LogP contribution < -0.4 is 4.90 Å². The number of hydrogen-bond donors (Lipinski definition) is 0. The van der Waals surface area contributed by atoms with Crippen LogP contribution in [0, 0.1) is 0 Å². The molecule has 6 heterocycles. The number of ether oxygens (including phenoxy) is 1. The Hall–Kier alpha value is -4.11. The van der Waals surface area contributed by atoms with Crippen molar-refractivity contribution >= 4 is 11.5 Å². The minimum atomic E-state index is 0.686. The summed E-state index contributed by atoms with van der Waals surface area (Å²) in [6.45, 7) is 2.96. The fourth-order valence-electron chi connectivity index (χ4n) is 3.89. The molecule has 1 fully saturated rings. The molecule has 1 aliphatic rings. The first kappa shape index (κ1) is 18.6. The van der Waals surface area contributed by atoms with Crippen LogP contribution in [0.3, 0.4) is 0 Å². The topological polar surface area (TPSA) is 86.3 Å². The van der Waals surface area contributed by atoms with E-state index in [1.807, 2.05) is 53.3 Å². The molecule has 1 aliphatic heterocycles. The molecular formula is C23H20N8O. The maximum Gasteiger partial charge on any atom is 0.160 e. The summed E-state index contributed by atoms with van der Waals surface area (Å²) < 4.78 is 9.26. The van der Waals surface area contributed by atoms with Gasteiger partial charge >= 0.3 is 0 Å². The second-order valence-electron chi connectivity index (χ2n) is 7.52. The lowest BCUT2D eigenvalue weighted by molar-refractivity contribution is 0.122. The third-order valence-corrected chi connectivity index (χ3v) is 5.54. The highest BCUT2D eigenvalue weighted by Crippen LogP contribution is 2.26. The Kier molecular flexibility index (Phi) is 4.58. The number of rotatable bonds is 4. The molecule has 6 rings (SSSR count). The van der Waals surface area contributed by atoms with E-state index in [1.54, 1.807) is 29.5 Å². The molecule has 5 aromatic heterocycles. The van der Waals surface area contributed by atoms with E-state index in [9.17, 15) is 0 Å². The minimum Gasteiger partial charge on any atom is -0.378 e. The minimum absolute atomic E-state index is 0.686. The van der Waals surface area contributed by atoms with E-state index >= 15 is 0 Å². The molecule has 9 nitrogen and oxygen atoms in total. The molecule has 32 heavy (non-hydrogen) atoms. The Morgan fingerprint density at radius 2 is 1.53 bits per heavy atom. The Morgan fingerprint density at radius 3 is 2.28 bits per heavy atom. The van der Waals surface area contributed by atoms with E-state index < -0.39 is 0 Å². The molecule has 0 amide bonds. The van der Waals surface area contributed by atoms with E-state index in [1.165, 1.54) is 0 Å². The van der Waals surface area contributed by atoms with Crippen LogP contribution in [0.4, 0.5) is 5.82 Å². The van der Waals surface area contributed by atoms with E-state index in [0.29, 0.717) is 13.2 Å². The zero-order valence-electron chi connectivity index (χ0n) is 17.2. The van der Waals surface area contributed by atoms with Crippen LogP contribution in [0.5, 0.6) is 0 Å². The monoisotopic (exact) mass is 424 g/mol. The van der Waals surface area contributed by atoms with Crippen LogP contribution in [0.2, 0.25) is 0 Å².